The van der Waals surface area contributed by atoms with E-state index in [1.54, 1.807) is 6.07 Å². The Morgan fingerprint density at radius 2 is 2.22 bits per heavy atom. The molecule has 4 N–H and O–H groups in total. The van der Waals surface area contributed by atoms with Gasteiger partial charge >= 0.3 is 5.97 Å². The van der Waals surface area contributed by atoms with E-state index in [0.29, 0.717) is 22.9 Å². The zero-order valence-electron chi connectivity index (χ0n) is 10.4. The number of nitrogens with two attached hydrogens (primary N) is 2. The number of esters is 1. The molecule has 0 fully saturated rings. The van der Waals surface area contributed by atoms with Crippen LogP contribution in [0.3, 0.4) is 0 Å². The molecule has 0 radical (unpaired) electrons. The largest absolute Gasteiger partial charge is 0.483 e. The third-order valence-electron chi connectivity index (χ3n) is 2.68. The minimum atomic E-state index is -0.370. The second kappa shape index (κ2) is 4.64. The molecule has 1 aromatic carbocycles. The first-order chi connectivity index (χ1) is 8.49. The zero-order valence-corrected chi connectivity index (χ0v) is 10.4. The minimum Gasteiger partial charge on any atom is -0.483 e. The van der Waals surface area contributed by atoms with Crippen LogP contribution in [0.15, 0.2) is 6.07 Å². The minimum absolute atomic E-state index is 0.127. The van der Waals surface area contributed by atoms with Gasteiger partial charge < -0.3 is 25.7 Å². The number of carbonyl (C=O) groups excluding carboxylic acids is 1. The van der Waals surface area contributed by atoms with Crippen molar-refractivity contribution in [2.24, 2.45) is 0 Å². The molecular formula is C12H16N2O4. The van der Waals surface area contributed by atoms with Gasteiger partial charge in [-0.15, -0.1) is 0 Å². The van der Waals surface area contributed by atoms with E-state index in [2.05, 4.69) is 0 Å². The lowest BCUT2D eigenvalue weighted by molar-refractivity contribution is -0.144. The standard InChI is InChI=1S/C12H16N2O4/c1-6-3-9(13)11-12(10(6)14)17-5-8(18-11)4-16-7(2)15/h3,8H,4-5,13-14H2,1-2H3. The van der Waals surface area contributed by atoms with Crippen molar-refractivity contribution in [2.75, 3.05) is 24.7 Å². The summed E-state index contributed by atoms with van der Waals surface area (Å²) < 4.78 is 16.1. The molecule has 0 aromatic heterocycles. The van der Waals surface area contributed by atoms with Crippen LogP contribution in [0.4, 0.5) is 11.4 Å². The molecule has 1 atom stereocenters. The third kappa shape index (κ3) is 2.27. The van der Waals surface area contributed by atoms with E-state index < -0.39 is 0 Å². The normalized spacial score (nSPS) is 17.3. The highest BCUT2D eigenvalue weighted by Gasteiger charge is 2.26. The van der Waals surface area contributed by atoms with E-state index >= 15 is 0 Å². The molecule has 1 aromatic rings. The lowest BCUT2D eigenvalue weighted by atomic mass is 10.1. The number of hydrogen-bond acceptors (Lipinski definition) is 6. The molecule has 6 nitrogen and oxygen atoms in total. The van der Waals surface area contributed by atoms with E-state index in [-0.39, 0.29) is 25.3 Å². The molecule has 1 heterocycles. The van der Waals surface area contributed by atoms with Crippen molar-refractivity contribution in [3.63, 3.8) is 0 Å². The Morgan fingerprint density at radius 3 is 2.89 bits per heavy atom. The summed E-state index contributed by atoms with van der Waals surface area (Å²) in [7, 11) is 0. The van der Waals surface area contributed by atoms with Gasteiger partial charge in [0.05, 0.1) is 11.4 Å². The summed E-state index contributed by atoms with van der Waals surface area (Å²) in [6.45, 7) is 3.59. The molecule has 1 unspecified atom stereocenters. The van der Waals surface area contributed by atoms with E-state index in [4.69, 9.17) is 25.7 Å². The van der Waals surface area contributed by atoms with Crippen LogP contribution in [0.5, 0.6) is 11.5 Å². The van der Waals surface area contributed by atoms with Crippen LogP contribution >= 0.6 is 0 Å². The van der Waals surface area contributed by atoms with Crippen LogP contribution in [0.2, 0.25) is 0 Å². The van der Waals surface area contributed by atoms with Gasteiger partial charge in [-0.3, -0.25) is 4.79 Å². The number of rotatable bonds is 2. The van der Waals surface area contributed by atoms with Crippen LogP contribution in [0.1, 0.15) is 12.5 Å². The number of benzene rings is 1. The summed E-state index contributed by atoms with van der Waals surface area (Å²) in [6.07, 6.45) is -0.370. The summed E-state index contributed by atoms with van der Waals surface area (Å²) in [5.41, 5.74) is 13.6. The van der Waals surface area contributed by atoms with Gasteiger partial charge in [-0.2, -0.15) is 0 Å². The molecule has 0 saturated heterocycles. The van der Waals surface area contributed by atoms with Gasteiger partial charge in [0.2, 0.25) is 0 Å². The molecule has 0 saturated carbocycles. The highest BCUT2D eigenvalue weighted by Crippen LogP contribution is 2.43. The maximum absolute atomic E-state index is 10.7. The Morgan fingerprint density at radius 1 is 1.50 bits per heavy atom. The summed E-state index contributed by atoms with van der Waals surface area (Å²) in [5.74, 6) is 0.522. The maximum Gasteiger partial charge on any atom is 0.302 e. The van der Waals surface area contributed by atoms with Crippen LogP contribution < -0.4 is 20.9 Å². The van der Waals surface area contributed by atoms with Crippen molar-refractivity contribution in [3.8, 4) is 11.5 Å². The molecule has 1 aliphatic heterocycles. The second-order valence-electron chi connectivity index (χ2n) is 4.21. The fourth-order valence-electron chi connectivity index (χ4n) is 1.74. The summed E-state index contributed by atoms with van der Waals surface area (Å²) in [4.78, 5) is 10.7. The van der Waals surface area contributed by atoms with Gasteiger partial charge in [0.15, 0.2) is 17.6 Å². The number of fused-ring (bicyclic) bond motifs is 1. The molecule has 0 spiro atoms. The summed E-state index contributed by atoms with van der Waals surface area (Å²) in [5, 5.41) is 0. The second-order valence-corrected chi connectivity index (χ2v) is 4.21. The number of ether oxygens (including phenoxy) is 3. The van der Waals surface area contributed by atoms with Gasteiger partial charge in [0, 0.05) is 6.92 Å². The van der Waals surface area contributed by atoms with Crippen LogP contribution in [0.25, 0.3) is 0 Å². The summed E-state index contributed by atoms with van der Waals surface area (Å²) >= 11 is 0. The predicted molar refractivity (Wildman–Crippen MR) is 66.5 cm³/mol. The number of anilines is 2. The number of hydrogen-bond donors (Lipinski definition) is 2. The van der Waals surface area contributed by atoms with Crippen molar-refractivity contribution in [1.82, 2.24) is 0 Å². The van der Waals surface area contributed by atoms with Gasteiger partial charge in [-0.25, -0.2) is 0 Å². The lowest BCUT2D eigenvalue weighted by Gasteiger charge is -2.28. The topological polar surface area (TPSA) is 96.8 Å². The molecule has 18 heavy (non-hydrogen) atoms. The molecule has 98 valence electrons. The Bertz CT molecular complexity index is 487. The molecule has 0 bridgehead atoms. The van der Waals surface area contributed by atoms with E-state index in [0.717, 1.165) is 5.56 Å². The smallest absolute Gasteiger partial charge is 0.302 e. The molecule has 6 heteroatoms. The van der Waals surface area contributed by atoms with Crippen molar-refractivity contribution in [3.05, 3.63) is 11.6 Å². The lowest BCUT2D eigenvalue weighted by Crippen LogP contribution is -2.34. The van der Waals surface area contributed by atoms with Crippen molar-refractivity contribution < 1.29 is 19.0 Å². The SMILES string of the molecule is CC(=O)OCC1COc2c(N)c(C)cc(N)c2O1. The number of aryl methyl sites for hydroxylation is 1. The Hall–Kier alpha value is -2.11. The first-order valence-electron chi connectivity index (χ1n) is 5.60. The van der Waals surface area contributed by atoms with E-state index in [1.165, 1.54) is 6.92 Å². The molecule has 0 aliphatic carbocycles. The van der Waals surface area contributed by atoms with Gasteiger partial charge in [-0.05, 0) is 18.6 Å². The van der Waals surface area contributed by atoms with Gasteiger partial charge in [0.1, 0.15) is 13.2 Å². The van der Waals surface area contributed by atoms with Crippen LogP contribution in [0, 0.1) is 6.92 Å². The average Bonchev–Trinajstić information content (AvgIpc) is 2.33. The first-order valence-corrected chi connectivity index (χ1v) is 5.60. The predicted octanol–water partition coefficient (Wildman–Crippen LogP) is 0.862. The zero-order chi connectivity index (χ0) is 13.3. The first kappa shape index (κ1) is 12.3. The third-order valence-corrected chi connectivity index (χ3v) is 2.68. The average molecular weight is 252 g/mol. The van der Waals surface area contributed by atoms with Crippen molar-refractivity contribution in [1.29, 1.82) is 0 Å². The highest BCUT2D eigenvalue weighted by molar-refractivity contribution is 5.74. The molecule has 1 aliphatic rings. The Labute approximate surface area is 105 Å². The fourth-order valence-corrected chi connectivity index (χ4v) is 1.74. The Kier molecular flexibility index (Phi) is 3.18. The van der Waals surface area contributed by atoms with Gasteiger partial charge in [-0.1, -0.05) is 0 Å². The van der Waals surface area contributed by atoms with Crippen LogP contribution in [-0.2, 0) is 9.53 Å². The quantitative estimate of drug-likeness (QED) is 0.598. The molecular weight excluding hydrogens is 236 g/mol. The van der Waals surface area contributed by atoms with Gasteiger partial charge in [0.25, 0.3) is 0 Å². The molecule has 0 amide bonds. The molecule has 2 rings (SSSR count). The monoisotopic (exact) mass is 252 g/mol. The fraction of sp³-hybridized carbons (Fsp3) is 0.417. The highest BCUT2D eigenvalue weighted by atomic mass is 16.6. The van der Waals surface area contributed by atoms with Crippen molar-refractivity contribution >= 4 is 17.3 Å². The maximum atomic E-state index is 10.7. The Balaban J connectivity index is 2.19. The summed E-state index contributed by atoms with van der Waals surface area (Å²) in [6, 6.07) is 1.73. The van der Waals surface area contributed by atoms with Crippen LogP contribution in [-0.4, -0.2) is 25.3 Å². The number of nitrogen functional groups attached to an aromatic ring is 2. The number of carbonyl (C=O) groups is 1. The van der Waals surface area contributed by atoms with E-state index in [9.17, 15) is 4.79 Å². The van der Waals surface area contributed by atoms with E-state index in [1.807, 2.05) is 6.92 Å². The van der Waals surface area contributed by atoms with Crippen molar-refractivity contribution in [2.45, 2.75) is 20.0 Å².